The van der Waals surface area contributed by atoms with Crippen molar-refractivity contribution in [3.05, 3.63) is 35.9 Å². The Morgan fingerprint density at radius 1 is 1.22 bits per heavy atom. The highest BCUT2D eigenvalue weighted by molar-refractivity contribution is 7.97. The number of fused-ring (bicyclic) bond motifs is 2. The van der Waals surface area contributed by atoms with E-state index in [-0.39, 0.29) is 44.8 Å². The molecule has 2 aliphatic carbocycles. The van der Waals surface area contributed by atoms with Gasteiger partial charge in [-0.3, -0.25) is 0 Å². The van der Waals surface area contributed by atoms with Crippen molar-refractivity contribution < 1.29 is 22.1 Å². The van der Waals surface area contributed by atoms with Crippen molar-refractivity contribution in [2.45, 2.75) is 45.0 Å². The quantitative estimate of drug-likeness (QED) is 0.571. The first kappa shape index (κ1) is 18.9. The molecule has 1 aromatic carbocycles. The standard InChI is InChI=1S/C20H27OS.BrH/c1-19(2)16-12-13-20(19,3)18(21)17(16)22(4)14-8-11-15-9-6-5-7-10-15;/h5-7,9-10,16-18,21H,12-14H2,1-4H3;1H/q+1;/p-1/t16-,17-,18-,20+,22?;/m1./s1. The molecule has 0 heterocycles. The van der Waals surface area contributed by atoms with E-state index in [1.165, 1.54) is 12.8 Å². The first-order valence-electron chi connectivity index (χ1n) is 8.21. The van der Waals surface area contributed by atoms with Crippen molar-refractivity contribution >= 4 is 10.9 Å². The van der Waals surface area contributed by atoms with Crippen molar-refractivity contribution in [1.82, 2.24) is 0 Å². The van der Waals surface area contributed by atoms with Crippen LogP contribution in [0.15, 0.2) is 30.3 Å². The maximum atomic E-state index is 10.9. The number of hydrogen-bond acceptors (Lipinski definition) is 1. The third kappa shape index (κ3) is 2.99. The fourth-order valence-electron chi connectivity index (χ4n) is 4.62. The average molecular weight is 395 g/mol. The molecular weight excluding hydrogens is 368 g/mol. The molecule has 0 radical (unpaired) electrons. The molecule has 0 aliphatic heterocycles. The summed E-state index contributed by atoms with van der Waals surface area (Å²) in [5, 5.41) is 11.3. The molecule has 0 spiro atoms. The molecule has 2 bridgehead atoms. The summed E-state index contributed by atoms with van der Waals surface area (Å²) in [7, 11) is 0.155. The highest BCUT2D eigenvalue weighted by Crippen LogP contribution is 2.66. The van der Waals surface area contributed by atoms with Gasteiger partial charge in [0.05, 0.1) is 6.26 Å². The van der Waals surface area contributed by atoms with E-state index in [0.29, 0.717) is 11.2 Å². The van der Waals surface area contributed by atoms with Crippen LogP contribution in [-0.2, 0) is 10.9 Å². The topological polar surface area (TPSA) is 20.2 Å². The molecule has 0 amide bonds. The molecule has 0 aromatic heterocycles. The van der Waals surface area contributed by atoms with Gasteiger partial charge in [0.25, 0.3) is 0 Å². The van der Waals surface area contributed by atoms with Crippen LogP contribution < -0.4 is 17.0 Å². The lowest BCUT2D eigenvalue weighted by atomic mass is 9.70. The number of hydrogen-bond donors (Lipinski definition) is 1. The van der Waals surface area contributed by atoms with E-state index in [9.17, 15) is 5.11 Å². The predicted molar refractivity (Wildman–Crippen MR) is 95.9 cm³/mol. The van der Waals surface area contributed by atoms with Crippen LogP contribution in [0.5, 0.6) is 0 Å². The van der Waals surface area contributed by atoms with Gasteiger partial charge >= 0.3 is 0 Å². The van der Waals surface area contributed by atoms with Gasteiger partial charge in [-0.2, -0.15) is 0 Å². The Morgan fingerprint density at radius 3 is 2.43 bits per heavy atom. The molecule has 1 unspecified atom stereocenters. The van der Waals surface area contributed by atoms with Gasteiger partial charge in [-0.1, -0.05) is 44.9 Å². The monoisotopic (exact) mass is 394 g/mol. The van der Waals surface area contributed by atoms with Gasteiger partial charge in [0.2, 0.25) is 0 Å². The molecule has 23 heavy (non-hydrogen) atoms. The Morgan fingerprint density at radius 2 is 1.87 bits per heavy atom. The normalized spacial score (nSPS) is 35.1. The van der Waals surface area contributed by atoms with E-state index < -0.39 is 0 Å². The zero-order chi connectivity index (χ0) is 16.0. The largest absolute Gasteiger partial charge is 1.00 e. The molecule has 1 aromatic rings. The Labute approximate surface area is 154 Å². The zero-order valence-electron chi connectivity index (χ0n) is 14.5. The van der Waals surface area contributed by atoms with Crippen LogP contribution in [0.4, 0.5) is 0 Å². The second kappa shape index (κ2) is 6.82. The fraction of sp³-hybridized carbons (Fsp3) is 0.600. The summed E-state index contributed by atoms with van der Waals surface area (Å²) >= 11 is 0. The van der Waals surface area contributed by atoms with Crippen molar-refractivity contribution in [1.29, 1.82) is 0 Å². The predicted octanol–water partition coefficient (Wildman–Crippen LogP) is 0.476. The molecule has 2 fully saturated rings. The number of aliphatic hydroxyl groups excluding tert-OH is 1. The van der Waals surface area contributed by atoms with Crippen LogP contribution in [0.2, 0.25) is 0 Å². The Balaban J connectivity index is 0.00000192. The number of rotatable bonds is 2. The summed E-state index contributed by atoms with van der Waals surface area (Å²) in [6, 6.07) is 10.2. The van der Waals surface area contributed by atoms with E-state index in [1.54, 1.807) is 0 Å². The highest BCUT2D eigenvalue weighted by Gasteiger charge is 2.69. The summed E-state index contributed by atoms with van der Waals surface area (Å²) in [4.78, 5) is 0. The van der Waals surface area contributed by atoms with Crippen molar-refractivity contribution in [3.8, 4) is 11.8 Å². The number of benzene rings is 1. The van der Waals surface area contributed by atoms with Gasteiger partial charge in [-0.25, -0.2) is 0 Å². The Bertz CT molecular complexity index is 603. The molecule has 5 atom stereocenters. The second-order valence-corrected chi connectivity index (χ2v) is 9.91. The fourth-order valence-corrected chi connectivity index (χ4v) is 6.89. The Kier molecular flexibility index (Phi) is 5.61. The lowest BCUT2D eigenvalue weighted by molar-refractivity contribution is -0.0000144. The minimum Gasteiger partial charge on any atom is -1.00 e. The van der Waals surface area contributed by atoms with E-state index in [0.717, 1.165) is 11.3 Å². The summed E-state index contributed by atoms with van der Waals surface area (Å²) in [5.74, 6) is 8.17. The van der Waals surface area contributed by atoms with Crippen LogP contribution in [0, 0.1) is 28.6 Å². The molecule has 2 aliphatic rings. The molecule has 0 saturated heterocycles. The molecule has 1 nitrogen and oxygen atoms in total. The van der Waals surface area contributed by atoms with Gasteiger partial charge in [0.15, 0.2) is 5.75 Å². The minimum absolute atomic E-state index is 0. The number of aliphatic hydroxyl groups is 1. The summed E-state index contributed by atoms with van der Waals surface area (Å²) in [6.07, 6.45) is 4.59. The average Bonchev–Trinajstić information content (AvgIpc) is 2.80. The van der Waals surface area contributed by atoms with Crippen molar-refractivity contribution in [2.75, 3.05) is 12.0 Å². The zero-order valence-corrected chi connectivity index (χ0v) is 16.9. The van der Waals surface area contributed by atoms with Crippen molar-refractivity contribution in [2.24, 2.45) is 16.7 Å². The van der Waals surface area contributed by atoms with Gasteiger partial charge < -0.3 is 22.1 Å². The number of halogens is 1. The first-order valence-corrected chi connectivity index (χ1v) is 10.1. The molecule has 1 N–H and O–H groups in total. The van der Waals surface area contributed by atoms with Gasteiger partial charge in [-0.15, -0.1) is 0 Å². The molecule has 3 rings (SSSR count). The smallest absolute Gasteiger partial charge is 0.168 e. The molecular formula is C20H27BrOS. The van der Waals surface area contributed by atoms with Crippen LogP contribution in [0.25, 0.3) is 0 Å². The van der Waals surface area contributed by atoms with E-state index >= 15 is 0 Å². The maximum absolute atomic E-state index is 10.9. The maximum Gasteiger partial charge on any atom is 0.168 e. The van der Waals surface area contributed by atoms with E-state index in [1.807, 2.05) is 18.2 Å². The first-order chi connectivity index (χ1) is 10.4. The van der Waals surface area contributed by atoms with Crippen LogP contribution in [-0.4, -0.2) is 28.5 Å². The van der Waals surface area contributed by atoms with Gasteiger partial charge in [0, 0.05) is 27.8 Å². The van der Waals surface area contributed by atoms with Gasteiger partial charge in [-0.05, 0) is 36.3 Å². The lowest BCUT2D eigenvalue weighted by Gasteiger charge is -2.36. The molecule has 126 valence electrons. The highest BCUT2D eigenvalue weighted by atomic mass is 79.9. The minimum atomic E-state index is -0.159. The van der Waals surface area contributed by atoms with Gasteiger partial charge in [0.1, 0.15) is 11.4 Å². The Hall–Kier alpha value is -0.430. The van der Waals surface area contributed by atoms with Crippen LogP contribution in [0.1, 0.15) is 39.2 Å². The second-order valence-electron chi connectivity index (χ2n) is 7.70. The summed E-state index contributed by atoms with van der Waals surface area (Å²) in [5.41, 5.74) is 1.43. The third-order valence-corrected chi connectivity index (χ3v) is 8.62. The SMILES string of the molecule is C[S+](CC#Cc1ccccc1)[C@@H]1[C@H]2CC[C@@](C)([C@@H]1O)C2(C)C.[Br-]. The van der Waals surface area contributed by atoms with E-state index in [4.69, 9.17) is 0 Å². The van der Waals surface area contributed by atoms with Crippen LogP contribution >= 0.6 is 0 Å². The third-order valence-electron chi connectivity index (χ3n) is 6.51. The molecule has 2 saturated carbocycles. The van der Waals surface area contributed by atoms with Crippen LogP contribution in [0.3, 0.4) is 0 Å². The lowest BCUT2D eigenvalue weighted by Crippen LogP contribution is -3.00. The summed E-state index contributed by atoms with van der Waals surface area (Å²) in [6.45, 7) is 7.02. The molecule has 3 heteroatoms. The van der Waals surface area contributed by atoms with E-state index in [2.05, 4.69) is 51.0 Å². The summed E-state index contributed by atoms with van der Waals surface area (Å²) < 4.78 is 0. The van der Waals surface area contributed by atoms with Crippen molar-refractivity contribution in [3.63, 3.8) is 0 Å².